The van der Waals surface area contributed by atoms with Crippen LogP contribution in [-0.2, 0) is 4.79 Å². The molecule has 0 aliphatic heterocycles. The van der Waals surface area contributed by atoms with Gasteiger partial charge in [-0.05, 0) is 37.5 Å². The number of carbonyl (C=O) groups excluding carboxylic acids is 1. The predicted molar refractivity (Wildman–Crippen MR) is 73.3 cm³/mol. The molecule has 18 heavy (non-hydrogen) atoms. The third-order valence-corrected chi connectivity index (χ3v) is 3.87. The Morgan fingerprint density at radius 1 is 1.39 bits per heavy atom. The van der Waals surface area contributed by atoms with Crippen LogP contribution in [0.2, 0.25) is 0 Å². The molecule has 0 heterocycles. The smallest absolute Gasteiger partial charge is 0.233 e. The fourth-order valence-corrected chi connectivity index (χ4v) is 2.35. The molecule has 0 aromatic rings. The van der Waals surface area contributed by atoms with E-state index in [9.17, 15) is 9.90 Å². The summed E-state index contributed by atoms with van der Waals surface area (Å²) >= 11 is 0. The Kier molecular flexibility index (Phi) is 6.09. The summed E-state index contributed by atoms with van der Waals surface area (Å²) < 4.78 is 0. The van der Waals surface area contributed by atoms with Crippen LogP contribution in [0.1, 0.15) is 46.5 Å². The third-order valence-electron chi connectivity index (χ3n) is 3.87. The SMILES string of the molecule is CC(C)CNC(=O)CNC1(CO)CCC(C)CC1. The van der Waals surface area contributed by atoms with Crippen LogP contribution in [-0.4, -0.2) is 36.2 Å². The number of hydrogen-bond donors (Lipinski definition) is 3. The molecule has 0 unspecified atom stereocenters. The molecule has 0 aromatic carbocycles. The van der Waals surface area contributed by atoms with Crippen molar-refractivity contribution >= 4 is 5.91 Å². The zero-order valence-electron chi connectivity index (χ0n) is 12.0. The molecule has 1 fully saturated rings. The summed E-state index contributed by atoms with van der Waals surface area (Å²) in [5, 5.41) is 15.7. The monoisotopic (exact) mass is 256 g/mol. The van der Waals surface area contributed by atoms with Crippen molar-refractivity contribution in [3.63, 3.8) is 0 Å². The van der Waals surface area contributed by atoms with E-state index in [0.29, 0.717) is 19.0 Å². The Morgan fingerprint density at radius 3 is 2.50 bits per heavy atom. The maximum atomic E-state index is 11.7. The first kappa shape index (κ1) is 15.4. The minimum Gasteiger partial charge on any atom is -0.394 e. The molecule has 1 aliphatic rings. The number of nitrogens with one attached hydrogen (secondary N) is 2. The van der Waals surface area contributed by atoms with Gasteiger partial charge in [0.15, 0.2) is 0 Å². The van der Waals surface area contributed by atoms with Crippen LogP contribution in [0, 0.1) is 11.8 Å². The van der Waals surface area contributed by atoms with Crippen molar-refractivity contribution in [1.82, 2.24) is 10.6 Å². The summed E-state index contributed by atoms with van der Waals surface area (Å²) in [5.74, 6) is 1.23. The summed E-state index contributed by atoms with van der Waals surface area (Å²) in [7, 11) is 0. The lowest BCUT2D eigenvalue weighted by Gasteiger charge is -2.38. The van der Waals surface area contributed by atoms with Crippen molar-refractivity contribution in [3.05, 3.63) is 0 Å². The van der Waals surface area contributed by atoms with Gasteiger partial charge in [-0.25, -0.2) is 0 Å². The molecule has 3 N–H and O–H groups in total. The van der Waals surface area contributed by atoms with E-state index < -0.39 is 0 Å². The van der Waals surface area contributed by atoms with Gasteiger partial charge in [-0.2, -0.15) is 0 Å². The molecule has 0 spiro atoms. The fraction of sp³-hybridized carbons (Fsp3) is 0.929. The molecular formula is C14H28N2O2. The lowest BCUT2D eigenvalue weighted by molar-refractivity contribution is -0.121. The van der Waals surface area contributed by atoms with Crippen LogP contribution in [0.25, 0.3) is 0 Å². The maximum Gasteiger partial charge on any atom is 0.233 e. The van der Waals surface area contributed by atoms with Crippen LogP contribution < -0.4 is 10.6 Å². The van der Waals surface area contributed by atoms with Crippen molar-refractivity contribution in [3.8, 4) is 0 Å². The number of hydrogen-bond acceptors (Lipinski definition) is 3. The molecule has 0 aromatic heterocycles. The van der Waals surface area contributed by atoms with E-state index in [-0.39, 0.29) is 18.1 Å². The van der Waals surface area contributed by atoms with E-state index in [0.717, 1.165) is 31.6 Å². The van der Waals surface area contributed by atoms with Gasteiger partial charge >= 0.3 is 0 Å². The maximum absolute atomic E-state index is 11.7. The molecule has 4 nitrogen and oxygen atoms in total. The van der Waals surface area contributed by atoms with E-state index in [2.05, 4.69) is 31.4 Å². The van der Waals surface area contributed by atoms with Crippen molar-refractivity contribution in [2.24, 2.45) is 11.8 Å². The minimum atomic E-state index is -0.234. The van der Waals surface area contributed by atoms with Crippen LogP contribution in [0.15, 0.2) is 0 Å². The van der Waals surface area contributed by atoms with Gasteiger partial charge in [0.2, 0.25) is 5.91 Å². The molecule has 0 atom stereocenters. The fourth-order valence-electron chi connectivity index (χ4n) is 2.35. The van der Waals surface area contributed by atoms with Gasteiger partial charge in [-0.15, -0.1) is 0 Å². The van der Waals surface area contributed by atoms with Gasteiger partial charge in [0.05, 0.1) is 13.2 Å². The second kappa shape index (κ2) is 7.10. The zero-order valence-corrected chi connectivity index (χ0v) is 12.0. The number of aliphatic hydroxyl groups excluding tert-OH is 1. The van der Waals surface area contributed by atoms with E-state index >= 15 is 0 Å². The van der Waals surface area contributed by atoms with Crippen molar-refractivity contribution in [2.75, 3.05) is 19.7 Å². The number of amides is 1. The van der Waals surface area contributed by atoms with E-state index in [1.165, 1.54) is 0 Å². The van der Waals surface area contributed by atoms with Gasteiger partial charge < -0.3 is 15.7 Å². The second-order valence-electron chi connectivity index (χ2n) is 6.17. The molecule has 4 heteroatoms. The third kappa shape index (κ3) is 4.94. The first-order valence-corrected chi connectivity index (χ1v) is 7.10. The largest absolute Gasteiger partial charge is 0.394 e. The van der Waals surface area contributed by atoms with Crippen LogP contribution in [0.4, 0.5) is 0 Å². The highest BCUT2D eigenvalue weighted by Crippen LogP contribution is 2.31. The van der Waals surface area contributed by atoms with Gasteiger partial charge in [0.1, 0.15) is 0 Å². The Labute approximate surface area is 111 Å². The molecule has 0 bridgehead atoms. The van der Waals surface area contributed by atoms with Crippen LogP contribution >= 0.6 is 0 Å². The molecule has 1 saturated carbocycles. The normalized spacial score (nSPS) is 28.4. The summed E-state index contributed by atoms with van der Waals surface area (Å²) in [6.07, 6.45) is 4.17. The number of carbonyl (C=O) groups is 1. The first-order valence-electron chi connectivity index (χ1n) is 7.10. The number of rotatable bonds is 6. The van der Waals surface area contributed by atoms with Crippen LogP contribution in [0.3, 0.4) is 0 Å². The standard InChI is InChI=1S/C14H28N2O2/c1-11(2)8-15-13(18)9-16-14(10-17)6-4-12(3)5-7-14/h11-12,16-17H,4-10H2,1-3H3,(H,15,18). The summed E-state index contributed by atoms with van der Waals surface area (Å²) in [6.45, 7) is 7.54. The highest BCUT2D eigenvalue weighted by molar-refractivity contribution is 5.78. The van der Waals surface area contributed by atoms with Gasteiger partial charge in [-0.1, -0.05) is 20.8 Å². The summed E-state index contributed by atoms with van der Waals surface area (Å²) in [4.78, 5) is 11.7. The van der Waals surface area contributed by atoms with E-state index in [4.69, 9.17) is 0 Å². The molecule has 106 valence electrons. The topological polar surface area (TPSA) is 61.4 Å². The summed E-state index contributed by atoms with van der Waals surface area (Å²) in [5.41, 5.74) is -0.234. The second-order valence-corrected chi connectivity index (χ2v) is 6.17. The highest BCUT2D eigenvalue weighted by atomic mass is 16.3. The molecule has 1 rings (SSSR count). The average molecular weight is 256 g/mol. The average Bonchev–Trinajstić information content (AvgIpc) is 2.36. The van der Waals surface area contributed by atoms with Crippen LogP contribution in [0.5, 0.6) is 0 Å². The summed E-state index contributed by atoms with van der Waals surface area (Å²) in [6, 6.07) is 0. The van der Waals surface area contributed by atoms with E-state index in [1.807, 2.05) is 0 Å². The lowest BCUT2D eigenvalue weighted by atomic mass is 9.77. The van der Waals surface area contributed by atoms with Gasteiger partial charge in [0.25, 0.3) is 0 Å². The van der Waals surface area contributed by atoms with Gasteiger partial charge in [0, 0.05) is 12.1 Å². The van der Waals surface area contributed by atoms with E-state index in [1.54, 1.807) is 0 Å². The Bertz CT molecular complexity index is 259. The Balaban J connectivity index is 2.33. The first-order chi connectivity index (χ1) is 8.47. The molecule has 1 aliphatic carbocycles. The van der Waals surface area contributed by atoms with Crippen molar-refractivity contribution < 1.29 is 9.90 Å². The minimum absolute atomic E-state index is 0.0233. The van der Waals surface area contributed by atoms with Crippen molar-refractivity contribution in [1.29, 1.82) is 0 Å². The quantitative estimate of drug-likeness (QED) is 0.671. The Morgan fingerprint density at radius 2 is 2.00 bits per heavy atom. The zero-order chi connectivity index (χ0) is 13.6. The number of aliphatic hydroxyl groups is 1. The molecular weight excluding hydrogens is 228 g/mol. The predicted octanol–water partition coefficient (Wildman–Crippen LogP) is 1.29. The molecule has 1 amide bonds. The highest BCUT2D eigenvalue weighted by Gasteiger charge is 2.33. The Hall–Kier alpha value is -0.610. The van der Waals surface area contributed by atoms with Crippen molar-refractivity contribution in [2.45, 2.75) is 52.0 Å². The molecule has 0 radical (unpaired) electrons. The van der Waals surface area contributed by atoms with Gasteiger partial charge in [-0.3, -0.25) is 4.79 Å². The molecule has 0 saturated heterocycles. The lowest BCUT2D eigenvalue weighted by Crippen LogP contribution is -2.53.